The highest BCUT2D eigenvalue weighted by Gasteiger charge is 2.43. The van der Waals surface area contributed by atoms with Gasteiger partial charge in [-0.1, -0.05) is 18.6 Å². The number of likely N-dealkylation sites (tertiary alicyclic amines) is 1. The van der Waals surface area contributed by atoms with Crippen molar-refractivity contribution in [3.63, 3.8) is 0 Å². The first kappa shape index (κ1) is 18.2. The third-order valence-corrected chi connectivity index (χ3v) is 5.78. The smallest absolute Gasteiger partial charge is 0.194 e. The Hall–Kier alpha value is -1.62. The molecule has 1 saturated carbocycles. The van der Waals surface area contributed by atoms with Gasteiger partial charge in [-0.2, -0.15) is 0 Å². The zero-order valence-corrected chi connectivity index (χ0v) is 15.8. The predicted molar refractivity (Wildman–Crippen MR) is 101 cm³/mol. The van der Waals surface area contributed by atoms with Gasteiger partial charge in [0.2, 0.25) is 0 Å². The number of hydrogen-bond acceptors (Lipinski definition) is 2. The molecule has 2 aliphatic rings. The van der Waals surface area contributed by atoms with Gasteiger partial charge in [0.05, 0.1) is 12.6 Å². The van der Waals surface area contributed by atoms with Gasteiger partial charge in [0, 0.05) is 19.6 Å². The van der Waals surface area contributed by atoms with Gasteiger partial charge in [0.25, 0.3) is 0 Å². The van der Waals surface area contributed by atoms with Crippen LogP contribution in [-0.2, 0) is 0 Å². The van der Waals surface area contributed by atoms with Gasteiger partial charge in [0.15, 0.2) is 5.96 Å². The molecule has 1 aliphatic carbocycles. The minimum atomic E-state index is -0.194. The van der Waals surface area contributed by atoms with Crippen LogP contribution >= 0.6 is 0 Å². The van der Waals surface area contributed by atoms with Crippen molar-refractivity contribution in [3.05, 3.63) is 35.6 Å². The Balaban J connectivity index is 1.71. The SMILES string of the molecule is CCNC(=NCC(c1ccc(F)cc1)N(C)C)N1CCC2(CCC2)C1. The first-order valence-corrected chi connectivity index (χ1v) is 9.48. The fourth-order valence-electron chi connectivity index (χ4n) is 4.05. The number of guanidine groups is 1. The molecular formula is C20H31FN4. The van der Waals surface area contributed by atoms with Crippen LogP contribution in [0.15, 0.2) is 29.3 Å². The molecule has 4 nitrogen and oxygen atoms in total. The molecule has 0 amide bonds. The molecule has 5 heteroatoms. The van der Waals surface area contributed by atoms with E-state index in [9.17, 15) is 4.39 Å². The van der Waals surface area contributed by atoms with Crippen LogP contribution in [0.3, 0.4) is 0 Å². The molecular weight excluding hydrogens is 315 g/mol. The van der Waals surface area contributed by atoms with E-state index < -0.39 is 0 Å². The number of nitrogens with one attached hydrogen (secondary N) is 1. The fourth-order valence-corrected chi connectivity index (χ4v) is 4.05. The van der Waals surface area contributed by atoms with Crippen molar-refractivity contribution in [1.29, 1.82) is 0 Å². The van der Waals surface area contributed by atoms with Crippen LogP contribution in [-0.4, -0.2) is 56.0 Å². The number of hydrogen-bond donors (Lipinski definition) is 1. The van der Waals surface area contributed by atoms with Gasteiger partial charge >= 0.3 is 0 Å². The van der Waals surface area contributed by atoms with Crippen molar-refractivity contribution in [2.45, 2.75) is 38.6 Å². The minimum Gasteiger partial charge on any atom is -0.357 e. The summed E-state index contributed by atoms with van der Waals surface area (Å²) in [5.74, 6) is 0.834. The molecule has 1 N–H and O–H groups in total. The summed E-state index contributed by atoms with van der Waals surface area (Å²) in [6.45, 7) is 5.92. The van der Waals surface area contributed by atoms with Crippen LogP contribution < -0.4 is 5.32 Å². The standard InChI is InChI=1S/C20H31FN4/c1-4-22-19(25-13-12-20(15-25)10-5-11-20)23-14-18(24(2)3)16-6-8-17(21)9-7-16/h6-9,18H,4-5,10-15H2,1-3H3,(H,22,23). The molecule has 1 atom stereocenters. The number of rotatable bonds is 5. The average Bonchev–Trinajstić information content (AvgIpc) is 3.01. The van der Waals surface area contributed by atoms with Crippen molar-refractivity contribution >= 4 is 5.96 Å². The largest absolute Gasteiger partial charge is 0.357 e. The molecule has 0 bridgehead atoms. The maximum absolute atomic E-state index is 13.2. The van der Waals surface area contributed by atoms with Crippen LogP contribution in [0.25, 0.3) is 0 Å². The van der Waals surface area contributed by atoms with Crippen LogP contribution in [0, 0.1) is 11.2 Å². The summed E-state index contributed by atoms with van der Waals surface area (Å²) in [6, 6.07) is 6.93. The molecule has 2 fully saturated rings. The molecule has 0 aromatic heterocycles. The minimum absolute atomic E-state index is 0.148. The van der Waals surface area contributed by atoms with E-state index in [1.165, 1.54) is 37.8 Å². The van der Waals surface area contributed by atoms with Crippen LogP contribution in [0.1, 0.15) is 44.2 Å². The second kappa shape index (κ2) is 7.73. The van der Waals surface area contributed by atoms with Gasteiger partial charge in [-0.3, -0.25) is 4.99 Å². The number of nitrogens with zero attached hydrogens (tertiary/aromatic N) is 3. The van der Waals surface area contributed by atoms with Gasteiger partial charge in [-0.15, -0.1) is 0 Å². The molecule has 3 rings (SSSR count). The maximum Gasteiger partial charge on any atom is 0.194 e. The van der Waals surface area contributed by atoms with E-state index in [0.717, 1.165) is 31.2 Å². The molecule has 1 saturated heterocycles. The zero-order chi connectivity index (χ0) is 17.9. The summed E-state index contributed by atoms with van der Waals surface area (Å²) in [5.41, 5.74) is 1.66. The highest BCUT2D eigenvalue weighted by atomic mass is 19.1. The van der Waals surface area contributed by atoms with Crippen LogP contribution in [0.4, 0.5) is 4.39 Å². The number of benzene rings is 1. The van der Waals surface area contributed by atoms with E-state index in [-0.39, 0.29) is 11.9 Å². The van der Waals surface area contributed by atoms with E-state index in [1.54, 1.807) is 0 Å². The number of aliphatic imine (C=N–C) groups is 1. The lowest BCUT2D eigenvalue weighted by molar-refractivity contribution is 0.151. The molecule has 1 spiro atoms. The van der Waals surface area contributed by atoms with Crippen molar-refractivity contribution < 1.29 is 4.39 Å². The second-order valence-corrected chi connectivity index (χ2v) is 7.75. The Bertz CT molecular complexity index is 592. The predicted octanol–water partition coefficient (Wildman–Crippen LogP) is 3.27. The van der Waals surface area contributed by atoms with E-state index in [1.807, 2.05) is 12.1 Å². The zero-order valence-electron chi connectivity index (χ0n) is 15.8. The Morgan fingerprint density at radius 2 is 2.00 bits per heavy atom. The molecule has 1 heterocycles. The molecule has 138 valence electrons. The van der Waals surface area contributed by atoms with Crippen LogP contribution in [0.5, 0.6) is 0 Å². The number of likely N-dealkylation sites (N-methyl/N-ethyl adjacent to an activating group) is 1. The molecule has 1 aromatic rings. The van der Waals surface area contributed by atoms with Crippen molar-refractivity contribution in [2.24, 2.45) is 10.4 Å². The van der Waals surface area contributed by atoms with Gasteiger partial charge < -0.3 is 15.1 Å². The van der Waals surface area contributed by atoms with E-state index in [0.29, 0.717) is 12.0 Å². The third-order valence-electron chi connectivity index (χ3n) is 5.78. The summed E-state index contributed by atoms with van der Waals surface area (Å²) in [7, 11) is 4.10. The topological polar surface area (TPSA) is 30.9 Å². The fraction of sp³-hybridized carbons (Fsp3) is 0.650. The lowest BCUT2D eigenvalue weighted by Gasteiger charge is -2.38. The molecule has 25 heavy (non-hydrogen) atoms. The van der Waals surface area contributed by atoms with Crippen molar-refractivity contribution in [1.82, 2.24) is 15.1 Å². The normalized spacial score (nSPS) is 20.8. The quantitative estimate of drug-likeness (QED) is 0.656. The van der Waals surface area contributed by atoms with Crippen LogP contribution in [0.2, 0.25) is 0 Å². The summed E-state index contributed by atoms with van der Waals surface area (Å²) in [5, 5.41) is 3.46. The molecule has 1 aromatic carbocycles. The first-order chi connectivity index (χ1) is 12.0. The molecule has 1 unspecified atom stereocenters. The lowest BCUT2D eigenvalue weighted by Crippen LogP contribution is -2.43. The highest BCUT2D eigenvalue weighted by Crippen LogP contribution is 2.47. The Morgan fingerprint density at radius 3 is 2.52 bits per heavy atom. The first-order valence-electron chi connectivity index (χ1n) is 9.48. The lowest BCUT2D eigenvalue weighted by atomic mass is 9.68. The second-order valence-electron chi connectivity index (χ2n) is 7.75. The van der Waals surface area contributed by atoms with E-state index in [4.69, 9.17) is 4.99 Å². The number of halogens is 1. The summed E-state index contributed by atoms with van der Waals surface area (Å²) in [4.78, 5) is 9.52. The molecule has 0 radical (unpaired) electrons. The third kappa shape index (κ3) is 4.14. The van der Waals surface area contributed by atoms with E-state index in [2.05, 4.69) is 36.1 Å². The highest BCUT2D eigenvalue weighted by molar-refractivity contribution is 5.80. The Labute approximate surface area is 151 Å². The average molecular weight is 346 g/mol. The van der Waals surface area contributed by atoms with E-state index >= 15 is 0 Å². The summed E-state index contributed by atoms with van der Waals surface area (Å²) < 4.78 is 13.2. The molecule has 1 aliphatic heterocycles. The Morgan fingerprint density at radius 1 is 1.28 bits per heavy atom. The van der Waals surface area contributed by atoms with Gasteiger partial charge in [-0.25, -0.2) is 4.39 Å². The van der Waals surface area contributed by atoms with Gasteiger partial charge in [0.1, 0.15) is 5.82 Å². The summed E-state index contributed by atoms with van der Waals surface area (Å²) >= 11 is 0. The monoisotopic (exact) mass is 346 g/mol. The summed E-state index contributed by atoms with van der Waals surface area (Å²) in [6.07, 6.45) is 5.43. The van der Waals surface area contributed by atoms with Gasteiger partial charge in [-0.05, 0) is 63.4 Å². The van der Waals surface area contributed by atoms with Crippen molar-refractivity contribution in [2.75, 3.05) is 40.3 Å². The Kier molecular flexibility index (Phi) is 5.62. The van der Waals surface area contributed by atoms with Crippen molar-refractivity contribution in [3.8, 4) is 0 Å². The maximum atomic E-state index is 13.2.